The van der Waals surface area contributed by atoms with Crippen molar-refractivity contribution in [2.45, 2.75) is 44.9 Å². The van der Waals surface area contributed by atoms with Crippen LogP contribution in [0.15, 0.2) is 18.2 Å². The summed E-state index contributed by atoms with van der Waals surface area (Å²) in [5.74, 6) is 0.397. The van der Waals surface area contributed by atoms with E-state index in [0.717, 1.165) is 32.6 Å². The Kier molecular flexibility index (Phi) is 5.25. The molecule has 0 bridgehead atoms. The zero-order chi connectivity index (χ0) is 17.1. The zero-order valence-electron chi connectivity index (χ0n) is 15.3. The van der Waals surface area contributed by atoms with Crippen LogP contribution in [0.4, 0.5) is 5.69 Å². The first kappa shape index (κ1) is 16.9. The Balaban J connectivity index is 1.28. The average Bonchev–Trinajstić information content (AvgIpc) is 3.33. The van der Waals surface area contributed by atoms with E-state index in [0.29, 0.717) is 0 Å². The average molecular weight is 341 g/mol. The molecule has 1 aromatic carbocycles. The van der Waals surface area contributed by atoms with Gasteiger partial charge in [-0.1, -0.05) is 6.07 Å². The van der Waals surface area contributed by atoms with Crippen LogP contribution in [0, 0.1) is 5.92 Å². The van der Waals surface area contributed by atoms with Gasteiger partial charge in [0, 0.05) is 31.9 Å². The summed E-state index contributed by atoms with van der Waals surface area (Å²) >= 11 is 0. The predicted molar refractivity (Wildman–Crippen MR) is 102 cm³/mol. The minimum atomic E-state index is 0.148. The minimum Gasteiger partial charge on any atom is -0.371 e. The molecular formula is C21H31N3O. The van der Waals surface area contributed by atoms with Crippen molar-refractivity contribution >= 4 is 11.6 Å². The fourth-order valence-electron chi connectivity index (χ4n) is 4.61. The first-order valence-corrected chi connectivity index (χ1v) is 10.2. The monoisotopic (exact) mass is 341 g/mol. The van der Waals surface area contributed by atoms with E-state index in [1.54, 1.807) is 0 Å². The molecule has 4 heteroatoms. The Bertz CT molecular complexity index is 609. The summed E-state index contributed by atoms with van der Waals surface area (Å²) in [5.41, 5.74) is 4.38. The van der Waals surface area contributed by atoms with Gasteiger partial charge in [0.15, 0.2) is 0 Å². The van der Waals surface area contributed by atoms with Crippen molar-refractivity contribution in [1.29, 1.82) is 0 Å². The fourth-order valence-corrected chi connectivity index (χ4v) is 4.61. The van der Waals surface area contributed by atoms with E-state index >= 15 is 0 Å². The number of likely N-dealkylation sites (tertiary alicyclic amines) is 1. The summed E-state index contributed by atoms with van der Waals surface area (Å²) in [6.07, 6.45) is 8.70. The van der Waals surface area contributed by atoms with Crippen molar-refractivity contribution < 1.29 is 4.79 Å². The molecule has 136 valence electrons. The third-order valence-electron chi connectivity index (χ3n) is 6.18. The number of anilines is 1. The topological polar surface area (TPSA) is 35.6 Å². The van der Waals surface area contributed by atoms with Crippen LogP contribution in [0.5, 0.6) is 0 Å². The molecule has 1 N–H and O–H groups in total. The molecule has 0 spiro atoms. The second-order valence-corrected chi connectivity index (χ2v) is 7.93. The first-order chi connectivity index (χ1) is 12.3. The van der Waals surface area contributed by atoms with Gasteiger partial charge in [0.2, 0.25) is 5.91 Å². The smallest absolute Gasteiger partial charge is 0.225 e. The highest BCUT2D eigenvalue weighted by Gasteiger charge is 2.28. The number of carbonyl (C=O) groups is 1. The lowest BCUT2D eigenvalue weighted by Gasteiger charge is -2.23. The van der Waals surface area contributed by atoms with Gasteiger partial charge in [-0.2, -0.15) is 0 Å². The number of rotatable bonds is 5. The van der Waals surface area contributed by atoms with Gasteiger partial charge in [-0.05, 0) is 81.3 Å². The van der Waals surface area contributed by atoms with Gasteiger partial charge in [-0.15, -0.1) is 0 Å². The summed E-state index contributed by atoms with van der Waals surface area (Å²) in [4.78, 5) is 17.3. The second-order valence-electron chi connectivity index (χ2n) is 7.93. The highest BCUT2D eigenvalue weighted by molar-refractivity contribution is 5.80. The first-order valence-electron chi connectivity index (χ1n) is 10.2. The van der Waals surface area contributed by atoms with Crippen molar-refractivity contribution in [3.8, 4) is 0 Å². The van der Waals surface area contributed by atoms with Crippen molar-refractivity contribution in [3.05, 3.63) is 29.3 Å². The van der Waals surface area contributed by atoms with Crippen LogP contribution >= 0.6 is 0 Å². The lowest BCUT2D eigenvalue weighted by molar-refractivity contribution is -0.124. The number of hydrogen-bond donors (Lipinski definition) is 1. The number of benzene rings is 1. The van der Waals surface area contributed by atoms with Gasteiger partial charge < -0.3 is 15.1 Å². The van der Waals surface area contributed by atoms with E-state index in [4.69, 9.17) is 0 Å². The Morgan fingerprint density at radius 1 is 1.04 bits per heavy atom. The number of hydrogen-bond acceptors (Lipinski definition) is 3. The standard InChI is InChI=1S/C21H31N3O/c25-21(22-10-14-23-11-3-4-12-23)19-9-13-24(16-19)20-8-7-17-5-1-2-6-18(17)15-20/h7-8,15,19H,1-6,9-14,16H2,(H,22,25). The molecular weight excluding hydrogens is 310 g/mol. The number of nitrogens with zero attached hydrogens (tertiary/aromatic N) is 2. The van der Waals surface area contributed by atoms with E-state index in [9.17, 15) is 4.79 Å². The number of nitrogens with one attached hydrogen (secondary N) is 1. The second kappa shape index (κ2) is 7.77. The Morgan fingerprint density at radius 2 is 1.84 bits per heavy atom. The molecule has 0 aromatic heterocycles. The maximum atomic E-state index is 12.5. The Labute approximate surface area is 151 Å². The lowest BCUT2D eigenvalue weighted by Crippen LogP contribution is -2.37. The quantitative estimate of drug-likeness (QED) is 0.894. The van der Waals surface area contributed by atoms with Gasteiger partial charge in [0.05, 0.1) is 5.92 Å². The molecule has 2 aliphatic heterocycles. The van der Waals surface area contributed by atoms with Crippen molar-refractivity contribution in [2.24, 2.45) is 5.92 Å². The van der Waals surface area contributed by atoms with Gasteiger partial charge in [-0.25, -0.2) is 0 Å². The number of carbonyl (C=O) groups excluding carboxylic acids is 1. The molecule has 0 saturated carbocycles. The molecule has 1 amide bonds. The van der Waals surface area contributed by atoms with Gasteiger partial charge in [0.25, 0.3) is 0 Å². The maximum Gasteiger partial charge on any atom is 0.225 e. The maximum absolute atomic E-state index is 12.5. The Morgan fingerprint density at radius 3 is 2.68 bits per heavy atom. The largest absolute Gasteiger partial charge is 0.371 e. The van der Waals surface area contributed by atoms with Crippen LogP contribution in [0.1, 0.15) is 43.2 Å². The summed E-state index contributed by atoms with van der Waals surface area (Å²) in [7, 11) is 0. The van der Waals surface area contributed by atoms with E-state index in [1.807, 2.05) is 0 Å². The summed E-state index contributed by atoms with van der Waals surface area (Å²) in [5, 5.41) is 3.17. The molecule has 1 aromatic rings. The summed E-state index contributed by atoms with van der Waals surface area (Å²) in [6, 6.07) is 6.95. The van der Waals surface area contributed by atoms with Crippen LogP contribution in [0.25, 0.3) is 0 Å². The molecule has 2 saturated heterocycles. The summed E-state index contributed by atoms with van der Waals surface area (Å²) in [6.45, 7) is 6.08. The number of amides is 1. The minimum absolute atomic E-state index is 0.148. The van der Waals surface area contributed by atoms with E-state index in [1.165, 1.54) is 68.4 Å². The molecule has 4 rings (SSSR count). The van der Waals surface area contributed by atoms with Gasteiger partial charge >= 0.3 is 0 Å². The van der Waals surface area contributed by atoms with Crippen LogP contribution in [-0.4, -0.2) is 50.1 Å². The normalized spacial score (nSPS) is 23.7. The predicted octanol–water partition coefficient (Wildman–Crippen LogP) is 2.60. The molecule has 1 aliphatic carbocycles. The van der Waals surface area contributed by atoms with Crippen LogP contribution in [0.2, 0.25) is 0 Å². The van der Waals surface area contributed by atoms with Crippen LogP contribution < -0.4 is 10.2 Å². The summed E-state index contributed by atoms with van der Waals surface area (Å²) < 4.78 is 0. The van der Waals surface area contributed by atoms with E-state index < -0.39 is 0 Å². The molecule has 1 unspecified atom stereocenters. The van der Waals surface area contributed by atoms with Crippen molar-refractivity contribution in [1.82, 2.24) is 10.2 Å². The van der Waals surface area contributed by atoms with E-state index in [-0.39, 0.29) is 11.8 Å². The van der Waals surface area contributed by atoms with Gasteiger partial charge in [-0.3, -0.25) is 4.79 Å². The SMILES string of the molecule is O=C(NCCN1CCCC1)C1CCN(c2ccc3c(c2)CCCC3)C1. The Hall–Kier alpha value is -1.55. The van der Waals surface area contributed by atoms with Crippen LogP contribution in [-0.2, 0) is 17.6 Å². The molecule has 1 atom stereocenters. The molecule has 3 aliphatic rings. The number of aryl methyl sites for hydroxylation is 2. The third kappa shape index (κ3) is 4.00. The van der Waals surface area contributed by atoms with Crippen molar-refractivity contribution in [2.75, 3.05) is 44.2 Å². The van der Waals surface area contributed by atoms with E-state index in [2.05, 4.69) is 33.3 Å². The highest BCUT2D eigenvalue weighted by Crippen LogP contribution is 2.29. The molecule has 2 fully saturated rings. The lowest BCUT2D eigenvalue weighted by atomic mass is 9.91. The highest BCUT2D eigenvalue weighted by atomic mass is 16.1. The number of fused-ring (bicyclic) bond motifs is 1. The van der Waals surface area contributed by atoms with Gasteiger partial charge in [0.1, 0.15) is 0 Å². The van der Waals surface area contributed by atoms with Crippen molar-refractivity contribution in [3.63, 3.8) is 0 Å². The molecule has 25 heavy (non-hydrogen) atoms. The molecule has 0 radical (unpaired) electrons. The van der Waals surface area contributed by atoms with Crippen LogP contribution in [0.3, 0.4) is 0 Å². The zero-order valence-corrected chi connectivity index (χ0v) is 15.3. The molecule has 4 nitrogen and oxygen atoms in total. The third-order valence-corrected chi connectivity index (χ3v) is 6.18. The molecule has 2 heterocycles. The fraction of sp³-hybridized carbons (Fsp3) is 0.667.